The van der Waals surface area contributed by atoms with Crippen molar-refractivity contribution in [2.45, 2.75) is 65.3 Å². The van der Waals surface area contributed by atoms with Crippen LogP contribution in [0, 0.1) is 5.82 Å². The molecule has 0 amide bonds. The number of carboxylic acid groups (broad SMARTS) is 1. The molecule has 1 aromatic carbocycles. The highest BCUT2D eigenvalue weighted by Gasteiger charge is 2.39. The van der Waals surface area contributed by atoms with Gasteiger partial charge in [-0.25, -0.2) is 9.18 Å². The number of benzene rings is 1. The predicted molar refractivity (Wildman–Crippen MR) is 122 cm³/mol. The molecule has 0 heterocycles. The van der Waals surface area contributed by atoms with Crippen molar-refractivity contribution in [3.05, 3.63) is 35.7 Å². The Balaban J connectivity index is 2.25. The van der Waals surface area contributed by atoms with Crippen molar-refractivity contribution >= 4 is 20.8 Å². The zero-order chi connectivity index (χ0) is 23.0. The average molecular weight is 457 g/mol. The summed E-state index contributed by atoms with van der Waals surface area (Å²) in [5.41, 5.74) is 0.588. The van der Waals surface area contributed by atoms with Crippen LogP contribution in [-0.4, -0.2) is 46.3 Å². The van der Waals surface area contributed by atoms with Gasteiger partial charge in [0, 0.05) is 31.9 Å². The number of halogens is 1. The Bertz CT molecular complexity index is 650. The van der Waals surface area contributed by atoms with E-state index in [1.807, 2.05) is 20.8 Å². The number of carboxylic acids is 1. The Morgan fingerprint density at radius 3 is 2.13 bits per heavy atom. The summed E-state index contributed by atoms with van der Waals surface area (Å²) >= 11 is 0. The topological polar surface area (TPSA) is 74.2 Å². The number of unbranched alkanes of at least 4 members (excludes halogenated alkanes) is 5. The molecule has 0 aliphatic heterocycles. The molecule has 0 unspecified atom stereocenters. The van der Waals surface area contributed by atoms with Gasteiger partial charge in [-0.05, 0) is 57.4 Å². The van der Waals surface area contributed by atoms with Crippen LogP contribution in [0.1, 0.15) is 64.9 Å². The van der Waals surface area contributed by atoms with Crippen molar-refractivity contribution in [1.29, 1.82) is 0 Å². The van der Waals surface area contributed by atoms with Gasteiger partial charge in [-0.2, -0.15) is 0 Å². The van der Waals surface area contributed by atoms with Gasteiger partial charge in [0.25, 0.3) is 0 Å². The molecule has 31 heavy (non-hydrogen) atoms. The first-order chi connectivity index (χ1) is 15.0. The molecule has 0 saturated heterocycles. The third-order valence-electron chi connectivity index (χ3n) is 4.60. The van der Waals surface area contributed by atoms with Gasteiger partial charge in [-0.15, -0.1) is 0 Å². The minimum absolute atomic E-state index is 0.150. The first-order valence-electron chi connectivity index (χ1n) is 11.2. The predicted octanol–water partition coefficient (Wildman–Crippen LogP) is 5.69. The maximum Gasteiger partial charge on any atom is 0.500 e. The fourth-order valence-corrected chi connectivity index (χ4v) is 5.92. The van der Waals surface area contributed by atoms with E-state index in [4.69, 9.17) is 23.1 Å². The van der Waals surface area contributed by atoms with Crippen molar-refractivity contribution < 1.29 is 32.3 Å². The lowest BCUT2D eigenvalue weighted by Crippen LogP contribution is -2.45. The lowest BCUT2D eigenvalue weighted by molar-refractivity contribution is -0.131. The lowest BCUT2D eigenvalue weighted by Gasteiger charge is -2.28. The number of carbonyl (C=O) groups is 1. The van der Waals surface area contributed by atoms with Crippen molar-refractivity contribution in [3.63, 3.8) is 0 Å². The summed E-state index contributed by atoms with van der Waals surface area (Å²) in [6, 6.07) is 5.16. The average Bonchev–Trinajstić information content (AvgIpc) is 2.73. The molecule has 1 aromatic rings. The van der Waals surface area contributed by atoms with Gasteiger partial charge < -0.3 is 23.1 Å². The molecule has 0 bridgehead atoms. The second-order valence-corrected chi connectivity index (χ2v) is 9.80. The Morgan fingerprint density at radius 1 is 0.968 bits per heavy atom. The van der Waals surface area contributed by atoms with Gasteiger partial charge in [0.15, 0.2) is 11.6 Å². The van der Waals surface area contributed by atoms with Crippen LogP contribution >= 0.6 is 0 Å². The van der Waals surface area contributed by atoms with E-state index in [-0.39, 0.29) is 5.75 Å². The molecule has 8 heteroatoms. The molecule has 1 rings (SSSR count). The first kappa shape index (κ1) is 27.3. The molecule has 0 aromatic heterocycles. The van der Waals surface area contributed by atoms with Crippen LogP contribution in [-0.2, 0) is 18.1 Å². The number of hydrogen-bond donors (Lipinski definition) is 1. The van der Waals surface area contributed by atoms with Crippen LogP contribution in [0.15, 0.2) is 24.3 Å². The highest BCUT2D eigenvalue weighted by molar-refractivity contribution is 6.60. The Labute approximate surface area is 186 Å². The zero-order valence-electron chi connectivity index (χ0n) is 19.0. The van der Waals surface area contributed by atoms with Gasteiger partial charge in [-0.1, -0.05) is 31.7 Å². The number of hydrogen-bond acceptors (Lipinski definition) is 5. The van der Waals surface area contributed by atoms with E-state index in [1.54, 1.807) is 0 Å². The highest BCUT2D eigenvalue weighted by atomic mass is 28.4. The van der Waals surface area contributed by atoms with Gasteiger partial charge in [-0.3, -0.25) is 0 Å². The number of rotatable bonds is 18. The third-order valence-corrected chi connectivity index (χ3v) is 7.75. The maximum atomic E-state index is 13.9. The van der Waals surface area contributed by atoms with Crippen LogP contribution in [0.25, 0.3) is 6.08 Å². The van der Waals surface area contributed by atoms with Crippen molar-refractivity contribution in [2.24, 2.45) is 0 Å². The monoisotopic (exact) mass is 456 g/mol. The summed E-state index contributed by atoms with van der Waals surface area (Å²) in [5.74, 6) is -1.34. The molecular weight excluding hydrogens is 419 g/mol. The molecule has 0 radical (unpaired) electrons. The van der Waals surface area contributed by atoms with Gasteiger partial charge in [0.05, 0.1) is 6.61 Å². The van der Waals surface area contributed by atoms with E-state index in [1.165, 1.54) is 24.3 Å². The van der Waals surface area contributed by atoms with Crippen LogP contribution < -0.4 is 4.74 Å². The number of ether oxygens (including phenoxy) is 1. The summed E-state index contributed by atoms with van der Waals surface area (Å²) in [7, 11) is -2.53. The fraction of sp³-hybridized carbons (Fsp3) is 0.609. The van der Waals surface area contributed by atoms with E-state index >= 15 is 0 Å². The third kappa shape index (κ3) is 11.4. The van der Waals surface area contributed by atoms with E-state index in [9.17, 15) is 9.18 Å². The van der Waals surface area contributed by atoms with Gasteiger partial charge >= 0.3 is 14.8 Å². The van der Waals surface area contributed by atoms with E-state index in [0.717, 1.165) is 50.6 Å². The summed E-state index contributed by atoms with van der Waals surface area (Å²) in [6.45, 7) is 8.14. The van der Waals surface area contributed by atoms with Gasteiger partial charge in [0.1, 0.15) is 0 Å². The molecule has 0 aliphatic rings. The molecule has 1 N–H and O–H groups in total. The lowest BCUT2D eigenvalue weighted by atomic mass is 10.1. The normalized spacial score (nSPS) is 11.9. The van der Waals surface area contributed by atoms with E-state index < -0.39 is 20.6 Å². The maximum absolute atomic E-state index is 13.9. The smallest absolute Gasteiger partial charge is 0.490 e. The molecule has 176 valence electrons. The molecule has 0 saturated carbocycles. The molecule has 6 nitrogen and oxygen atoms in total. The van der Waals surface area contributed by atoms with Gasteiger partial charge in [0.2, 0.25) is 0 Å². The van der Waals surface area contributed by atoms with E-state index in [0.29, 0.717) is 32.0 Å². The van der Waals surface area contributed by atoms with Crippen molar-refractivity contribution in [2.75, 3.05) is 26.4 Å². The Hall–Kier alpha value is -1.74. The van der Waals surface area contributed by atoms with Crippen molar-refractivity contribution in [1.82, 2.24) is 0 Å². The minimum Gasteiger partial charge on any atom is -0.490 e. The molecule has 0 aliphatic carbocycles. The summed E-state index contributed by atoms with van der Waals surface area (Å²) < 4.78 is 37.0. The van der Waals surface area contributed by atoms with Crippen LogP contribution in [0.2, 0.25) is 6.04 Å². The number of aliphatic carboxylic acids is 1. The highest BCUT2D eigenvalue weighted by Crippen LogP contribution is 2.22. The summed E-state index contributed by atoms with van der Waals surface area (Å²) in [5, 5.41) is 8.68. The second kappa shape index (κ2) is 16.0. The largest absolute Gasteiger partial charge is 0.500 e. The SMILES string of the molecule is CCO[Si](CCCCCCCCOc1cc(/C=C/C(=O)O)ccc1F)(OCC)OCC. The standard InChI is InChI=1S/C23H37FO6Si/c1-4-28-31(29-5-2,30-6-3)18-12-10-8-7-9-11-17-27-22-19-20(13-15-21(22)24)14-16-23(25)26/h13-16,19H,4-12,17-18H2,1-3H3,(H,25,26)/b16-14+. The van der Waals surface area contributed by atoms with Crippen LogP contribution in [0.5, 0.6) is 5.75 Å². The van der Waals surface area contributed by atoms with E-state index in [2.05, 4.69) is 0 Å². The van der Waals surface area contributed by atoms with Crippen LogP contribution in [0.4, 0.5) is 4.39 Å². The molecule has 0 spiro atoms. The summed E-state index contributed by atoms with van der Waals surface area (Å²) in [6.07, 6.45) is 8.57. The van der Waals surface area contributed by atoms with Crippen molar-refractivity contribution in [3.8, 4) is 5.75 Å². The summed E-state index contributed by atoms with van der Waals surface area (Å²) in [4.78, 5) is 10.6. The minimum atomic E-state index is -2.53. The second-order valence-electron chi connectivity index (χ2n) is 7.06. The first-order valence-corrected chi connectivity index (χ1v) is 13.1. The molecular formula is C23H37FO6Si. The fourth-order valence-electron chi connectivity index (χ4n) is 3.24. The molecule has 0 atom stereocenters. The molecule has 0 fully saturated rings. The zero-order valence-corrected chi connectivity index (χ0v) is 20.0. The van der Waals surface area contributed by atoms with Crippen LogP contribution in [0.3, 0.4) is 0 Å². The quantitative estimate of drug-likeness (QED) is 0.174. The Kier molecular flexibility index (Phi) is 14.1. The Morgan fingerprint density at radius 2 is 1.55 bits per heavy atom.